The summed E-state index contributed by atoms with van der Waals surface area (Å²) in [5.74, 6) is -0.433. The summed E-state index contributed by atoms with van der Waals surface area (Å²) in [5.41, 5.74) is -0.0995. The van der Waals surface area contributed by atoms with Crippen LogP contribution >= 0.6 is 0 Å². The van der Waals surface area contributed by atoms with Crippen molar-refractivity contribution in [1.82, 2.24) is 9.29 Å². The molecule has 1 aromatic rings. The third kappa shape index (κ3) is 3.57. The van der Waals surface area contributed by atoms with E-state index in [1.54, 1.807) is 13.8 Å². The molecular weight excluding hydrogens is 244 g/mol. The molecule has 96 valence electrons. The predicted octanol–water partition coefficient (Wildman–Crippen LogP) is -0.198. The quantitative estimate of drug-likeness (QED) is 0.767. The molecule has 2 N–H and O–H groups in total. The van der Waals surface area contributed by atoms with Gasteiger partial charge < -0.3 is 9.67 Å². The van der Waals surface area contributed by atoms with E-state index in [2.05, 4.69) is 4.72 Å². The van der Waals surface area contributed by atoms with Crippen molar-refractivity contribution in [3.8, 4) is 5.75 Å². The number of hydrogen-bond acceptors (Lipinski definition) is 4. The van der Waals surface area contributed by atoms with Gasteiger partial charge in [0.25, 0.3) is 0 Å². The van der Waals surface area contributed by atoms with Crippen molar-refractivity contribution >= 4 is 10.0 Å². The summed E-state index contributed by atoms with van der Waals surface area (Å²) < 4.78 is 26.7. The maximum absolute atomic E-state index is 11.4. The molecule has 0 aliphatic rings. The molecule has 0 unspecified atom stereocenters. The Morgan fingerprint density at radius 1 is 1.47 bits per heavy atom. The summed E-state index contributed by atoms with van der Waals surface area (Å²) in [7, 11) is -3.30. The van der Waals surface area contributed by atoms with Crippen molar-refractivity contribution in [2.45, 2.75) is 20.4 Å². The zero-order valence-electron chi connectivity index (χ0n) is 9.80. The topological polar surface area (TPSA) is 88.4 Å². The van der Waals surface area contributed by atoms with Crippen molar-refractivity contribution < 1.29 is 13.5 Å². The molecule has 1 aromatic heterocycles. The molecule has 0 aliphatic heterocycles. The molecule has 0 amide bonds. The van der Waals surface area contributed by atoms with Gasteiger partial charge in [-0.2, -0.15) is 0 Å². The first-order chi connectivity index (χ1) is 7.87. The van der Waals surface area contributed by atoms with Gasteiger partial charge in [0, 0.05) is 25.4 Å². The van der Waals surface area contributed by atoms with Crippen LogP contribution in [-0.2, 0) is 16.6 Å². The molecular formula is C10H16N2O4S. The molecule has 7 heteroatoms. The van der Waals surface area contributed by atoms with E-state index in [1.165, 1.54) is 16.8 Å². The highest BCUT2D eigenvalue weighted by Crippen LogP contribution is 2.09. The summed E-state index contributed by atoms with van der Waals surface area (Å²) in [5, 5.41) is 9.42. The van der Waals surface area contributed by atoms with Crippen molar-refractivity contribution in [1.29, 1.82) is 0 Å². The highest BCUT2D eigenvalue weighted by molar-refractivity contribution is 7.89. The Bertz CT molecular complexity index is 548. The number of rotatable bonds is 5. The Labute approximate surface area is 100.0 Å². The molecule has 6 nitrogen and oxygen atoms in total. The second-order valence-corrected chi connectivity index (χ2v) is 5.55. The standard InChI is InChI=1S/C10H16N2O4S/c1-3-11-17(15,16)7-6-12-5-4-9(13)10(14)8(12)2/h4-5,11,14H,3,6-7H2,1-2H3. The molecule has 0 aliphatic carbocycles. The van der Waals surface area contributed by atoms with Crippen molar-refractivity contribution in [2.24, 2.45) is 0 Å². The Morgan fingerprint density at radius 3 is 2.71 bits per heavy atom. The maximum Gasteiger partial charge on any atom is 0.223 e. The zero-order chi connectivity index (χ0) is 13.1. The van der Waals surface area contributed by atoms with E-state index in [0.717, 1.165) is 0 Å². The van der Waals surface area contributed by atoms with Crippen LogP contribution in [0.4, 0.5) is 0 Å². The zero-order valence-corrected chi connectivity index (χ0v) is 10.6. The lowest BCUT2D eigenvalue weighted by atomic mass is 10.3. The lowest BCUT2D eigenvalue weighted by molar-refractivity contribution is 0.454. The van der Waals surface area contributed by atoms with Gasteiger partial charge >= 0.3 is 0 Å². The number of nitrogens with one attached hydrogen (secondary N) is 1. The summed E-state index contributed by atoms with van der Waals surface area (Å²) in [6.45, 7) is 3.80. The van der Waals surface area contributed by atoms with Gasteiger partial charge in [-0.15, -0.1) is 0 Å². The molecule has 0 aromatic carbocycles. The monoisotopic (exact) mass is 260 g/mol. The van der Waals surface area contributed by atoms with E-state index in [9.17, 15) is 18.3 Å². The number of aryl methyl sites for hydroxylation is 1. The smallest absolute Gasteiger partial charge is 0.223 e. The van der Waals surface area contributed by atoms with Gasteiger partial charge in [0.2, 0.25) is 15.5 Å². The molecule has 0 saturated carbocycles. The van der Waals surface area contributed by atoms with Crippen LogP contribution in [-0.4, -0.2) is 30.4 Å². The molecule has 1 rings (SSSR count). The number of pyridine rings is 1. The third-order valence-corrected chi connectivity index (χ3v) is 3.83. The number of aromatic hydroxyl groups is 1. The Morgan fingerprint density at radius 2 is 2.12 bits per heavy atom. The number of hydrogen-bond donors (Lipinski definition) is 2. The van der Waals surface area contributed by atoms with Crippen LogP contribution in [0.15, 0.2) is 17.1 Å². The third-order valence-electron chi connectivity index (χ3n) is 2.38. The minimum atomic E-state index is -3.30. The van der Waals surface area contributed by atoms with E-state index in [4.69, 9.17) is 0 Å². The first-order valence-electron chi connectivity index (χ1n) is 5.23. The Balaban J connectivity index is 2.84. The normalized spacial score (nSPS) is 11.6. The predicted molar refractivity (Wildman–Crippen MR) is 64.6 cm³/mol. The van der Waals surface area contributed by atoms with Crippen LogP contribution in [0.2, 0.25) is 0 Å². The van der Waals surface area contributed by atoms with Crippen LogP contribution < -0.4 is 10.2 Å². The lowest BCUT2D eigenvalue weighted by Gasteiger charge is -2.11. The van der Waals surface area contributed by atoms with E-state index >= 15 is 0 Å². The maximum atomic E-state index is 11.4. The van der Waals surface area contributed by atoms with Crippen molar-refractivity contribution in [3.63, 3.8) is 0 Å². The average Bonchev–Trinajstić information content (AvgIpc) is 2.25. The van der Waals surface area contributed by atoms with E-state index in [1.807, 2.05) is 0 Å². The van der Waals surface area contributed by atoms with Gasteiger partial charge in [0.05, 0.1) is 11.4 Å². The molecule has 0 fully saturated rings. The molecule has 0 spiro atoms. The number of sulfonamides is 1. The minimum Gasteiger partial charge on any atom is -0.503 e. The van der Waals surface area contributed by atoms with Gasteiger partial charge in [0.15, 0.2) is 5.75 Å². The van der Waals surface area contributed by atoms with Crippen LogP contribution in [0.25, 0.3) is 0 Å². The molecule has 1 heterocycles. The second kappa shape index (κ2) is 5.33. The van der Waals surface area contributed by atoms with E-state index in [-0.39, 0.29) is 18.0 Å². The summed E-state index contributed by atoms with van der Waals surface area (Å²) >= 11 is 0. The largest absolute Gasteiger partial charge is 0.503 e. The summed E-state index contributed by atoms with van der Waals surface area (Å²) in [4.78, 5) is 11.1. The Hall–Kier alpha value is -1.34. The number of aromatic nitrogens is 1. The minimum absolute atomic E-state index is 0.0933. The fourth-order valence-corrected chi connectivity index (χ4v) is 2.44. The van der Waals surface area contributed by atoms with Crippen molar-refractivity contribution in [3.05, 3.63) is 28.2 Å². The second-order valence-electron chi connectivity index (χ2n) is 3.62. The molecule has 0 radical (unpaired) electrons. The van der Waals surface area contributed by atoms with Crippen LogP contribution in [0.5, 0.6) is 5.75 Å². The molecule has 17 heavy (non-hydrogen) atoms. The molecule has 0 saturated heterocycles. The fraction of sp³-hybridized carbons (Fsp3) is 0.500. The van der Waals surface area contributed by atoms with Gasteiger partial charge in [-0.1, -0.05) is 6.92 Å². The lowest BCUT2D eigenvalue weighted by Crippen LogP contribution is -2.28. The van der Waals surface area contributed by atoms with Crippen LogP contribution in [0.3, 0.4) is 0 Å². The van der Waals surface area contributed by atoms with Gasteiger partial charge in [-0.05, 0) is 6.92 Å². The first kappa shape index (κ1) is 13.7. The Kier molecular flexibility index (Phi) is 4.30. The summed E-state index contributed by atoms with van der Waals surface area (Å²) in [6, 6.07) is 1.21. The van der Waals surface area contributed by atoms with Crippen molar-refractivity contribution in [2.75, 3.05) is 12.3 Å². The molecule has 0 bridgehead atoms. The van der Waals surface area contributed by atoms with Gasteiger partial charge in [-0.3, -0.25) is 4.79 Å². The highest BCUT2D eigenvalue weighted by Gasteiger charge is 2.10. The van der Waals surface area contributed by atoms with Crippen LogP contribution in [0.1, 0.15) is 12.6 Å². The number of nitrogens with zero attached hydrogens (tertiary/aromatic N) is 1. The summed E-state index contributed by atoms with van der Waals surface area (Å²) in [6.07, 6.45) is 1.47. The first-order valence-corrected chi connectivity index (χ1v) is 6.89. The SMILES string of the molecule is CCNS(=O)(=O)CCn1ccc(=O)c(O)c1C. The van der Waals surface area contributed by atoms with Gasteiger partial charge in [-0.25, -0.2) is 13.1 Å². The highest BCUT2D eigenvalue weighted by atomic mass is 32.2. The van der Waals surface area contributed by atoms with Gasteiger partial charge in [0.1, 0.15) is 0 Å². The van der Waals surface area contributed by atoms with E-state index < -0.39 is 15.5 Å². The molecule has 0 atom stereocenters. The average molecular weight is 260 g/mol. The van der Waals surface area contributed by atoms with E-state index in [0.29, 0.717) is 12.2 Å². The fourth-order valence-electron chi connectivity index (χ4n) is 1.42. The van der Waals surface area contributed by atoms with Crippen LogP contribution in [0, 0.1) is 6.92 Å².